The zero-order chi connectivity index (χ0) is 19.7. The van der Waals surface area contributed by atoms with E-state index < -0.39 is 0 Å². The Labute approximate surface area is 165 Å². The first kappa shape index (κ1) is 18.1. The zero-order valence-electron chi connectivity index (χ0n) is 16.3. The molecule has 0 spiro atoms. The Morgan fingerprint density at radius 3 is 2.32 bits per heavy atom. The van der Waals surface area contributed by atoms with Gasteiger partial charge in [-0.25, -0.2) is 4.79 Å². The van der Waals surface area contributed by atoms with Crippen LogP contribution in [0.5, 0.6) is 0 Å². The number of aromatic nitrogens is 1. The summed E-state index contributed by atoms with van der Waals surface area (Å²) in [5.74, 6) is -0.306. The van der Waals surface area contributed by atoms with E-state index in [1.165, 1.54) is 18.1 Å². The van der Waals surface area contributed by atoms with Crippen LogP contribution in [0.3, 0.4) is 0 Å². The molecular weight excluding hydrogens is 346 g/mol. The van der Waals surface area contributed by atoms with Gasteiger partial charge in [-0.1, -0.05) is 66.7 Å². The van der Waals surface area contributed by atoms with Crippen LogP contribution in [0.25, 0.3) is 21.9 Å². The molecule has 0 aliphatic carbocycles. The van der Waals surface area contributed by atoms with Gasteiger partial charge in [0.15, 0.2) is 0 Å². The number of carbonyl (C=O) groups excluding carboxylic acids is 1. The van der Waals surface area contributed by atoms with Crippen LogP contribution in [0.4, 0.5) is 0 Å². The van der Waals surface area contributed by atoms with Crippen LogP contribution in [0.1, 0.15) is 34.6 Å². The first-order chi connectivity index (χ1) is 13.6. The Morgan fingerprint density at radius 2 is 1.61 bits per heavy atom. The minimum atomic E-state index is -0.306. The van der Waals surface area contributed by atoms with Crippen molar-refractivity contribution in [3.8, 4) is 11.1 Å². The van der Waals surface area contributed by atoms with Crippen molar-refractivity contribution in [2.75, 3.05) is 7.11 Å². The molecular formula is C25H23NO2. The van der Waals surface area contributed by atoms with Crippen molar-refractivity contribution in [2.24, 2.45) is 0 Å². The van der Waals surface area contributed by atoms with Crippen molar-refractivity contribution >= 4 is 16.7 Å². The van der Waals surface area contributed by atoms with Gasteiger partial charge in [0.05, 0.1) is 18.7 Å². The van der Waals surface area contributed by atoms with E-state index in [1.54, 1.807) is 0 Å². The highest BCUT2D eigenvalue weighted by atomic mass is 16.5. The summed E-state index contributed by atoms with van der Waals surface area (Å²) in [4.78, 5) is 12.6. The first-order valence-electron chi connectivity index (χ1n) is 9.44. The Morgan fingerprint density at radius 1 is 0.929 bits per heavy atom. The van der Waals surface area contributed by atoms with Crippen LogP contribution in [-0.4, -0.2) is 17.6 Å². The van der Waals surface area contributed by atoms with Gasteiger partial charge in [0.2, 0.25) is 0 Å². The highest BCUT2D eigenvalue weighted by Crippen LogP contribution is 2.34. The number of rotatable bonds is 4. The van der Waals surface area contributed by atoms with Crippen LogP contribution < -0.4 is 0 Å². The maximum absolute atomic E-state index is 12.6. The largest absolute Gasteiger partial charge is 0.465 e. The van der Waals surface area contributed by atoms with Gasteiger partial charge >= 0.3 is 5.97 Å². The maximum atomic E-state index is 12.6. The fourth-order valence-corrected chi connectivity index (χ4v) is 3.85. The topological polar surface area (TPSA) is 31.2 Å². The maximum Gasteiger partial charge on any atom is 0.340 e. The second-order valence-corrected chi connectivity index (χ2v) is 7.05. The molecule has 0 radical (unpaired) electrons. The second-order valence-electron chi connectivity index (χ2n) is 7.05. The molecule has 0 unspecified atom stereocenters. The lowest BCUT2D eigenvalue weighted by Crippen LogP contribution is -2.10. The van der Waals surface area contributed by atoms with Crippen molar-refractivity contribution in [1.82, 2.24) is 4.57 Å². The number of nitrogens with zero attached hydrogens (tertiary/aromatic N) is 1. The molecule has 3 heteroatoms. The van der Waals surface area contributed by atoms with E-state index in [0.717, 1.165) is 22.2 Å². The summed E-state index contributed by atoms with van der Waals surface area (Å²) in [7, 11) is 1.43. The molecule has 0 aliphatic heterocycles. The number of benzene rings is 3. The predicted molar refractivity (Wildman–Crippen MR) is 114 cm³/mol. The molecule has 3 nitrogen and oxygen atoms in total. The standard InChI is InChI=1S/C25H23NO2/c1-17(19-9-5-4-6-10-19)26-16-23(24(18(26)2)25(27)28-3)22-14-13-20-11-7-8-12-21(20)15-22/h4-17H,1-3H3/t17-/m1/s1. The van der Waals surface area contributed by atoms with Crippen LogP contribution >= 0.6 is 0 Å². The smallest absolute Gasteiger partial charge is 0.340 e. The lowest BCUT2D eigenvalue weighted by Gasteiger charge is -2.16. The fourth-order valence-electron chi connectivity index (χ4n) is 3.85. The van der Waals surface area contributed by atoms with Crippen LogP contribution in [-0.2, 0) is 4.74 Å². The van der Waals surface area contributed by atoms with Crippen molar-refractivity contribution < 1.29 is 9.53 Å². The Balaban J connectivity index is 1.89. The molecule has 0 fully saturated rings. The molecule has 4 aromatic rings. The molecule has 0 saturated carbocycles. The minimum Gasteiger partial charge on any atom is -0.465 e. The van der Waals surface area contributed by atoms with Gasteiger partial charge in [-0.15, -0.1) is 0 Å². The van der Waals surface area contributed by atoms with E-state index in [0.29, 0.717) is 5.56 Å². The summed E-state index contributed by atoms with van der Waals surface area (Å²) in [6, 6.07) is 25.0. The first-order valence-corrected chi connectivity index (χ1v) is 9.44. The highest BCUT2D eigenvalue weighted by molar-refractivity contribution is 6.00. The minimum absolute atomic E-state index is 0.110. The molecule has 4 rings (SSSR count). The third kappa shape index (κ3) is 3.09. The number of methoxy groups -OCH3 is 1. The SMILES string of the molecule is COC(=O)c1c(-c2ccc3ccccc3c2)cn([C@H](C)c2ccccc2)c1C. The van der Waals surface area contributed by atoms with E-state index in [9.17, 15) is 4.79 Å². The fraction of sp³-hybridized carbons (Fsp3) is 0.160. The number of ether oxygens (including phenoxy) is 1. The van der Waals surface area contributed by atoms with Gasteiger partial charge < -0.3 is 9.30 Å². The molecule has 0 N–H and O–H groups in total. The van der Waals surface area contributed by atoms with Crippen LogP contribution in [0.15, 0.2) is 79.0 Å². The van der Waals surface area contributed by atoms with Crippen LogP contribution in [0.2, 0.25) is 0 Å². The van der Waals surface area contributed by atoms with Crippen molar-refractivity contribution in [3.05, 3.63) is 95.8 Å². The number of hydrogen-bond acceptors (Lipinski definition) is 2. The normalized spacial score (nSPS) is 12.1. The van der Waals surface area contributed by atoms with Crippen LogP contribution in [0, 0.1) is 6.92 Å². The van der Waals surface area contributed by atoms with Gasteiger partial charge in [0.25, 0.3) is 0 Å². The zero-order valence-corrected chi connectivity index (χ0v) is 16.3. The van der Waals surface area contributed by atoms with Crippen molar-refractivity contribution in [3.63, 3.8) is 0 Å². The van der Waals surface area contributed by atoms with Gasteiger partial charge in [-0.3, -0.25) is 0 Å². The summed E-state index contributed by atoms with van der Waals surface area (Å²) < 4.78 is 7.27. The Hall–Kier alpha value is -3.33. The summed E-state index contributed by atoms with van der Waals surface area (Å²) in [5, 5.41) is 2.33. The summed E-state index contributed by atoms with van der Waals surface area (Å²) in [5.41, 5.74) is 4.65. The van der Waals surface area contributed by atoms with E-state index in [2.05, 4.69) is 60.2 Å². The van der Waals surface area contributed by atoms with Gasteiger partial charge in [-0.05, 0) is 41.8 Å². The molecule has 0 aliphatic rings. The van der Waals surface area contributed by atoms with E-state index >= 15 is 0 Å². The molecule has 3 aromatic carbocycles. The molecule has 28 heavy (non-hydrogen) atoms. The quantitative estimate of drug-likeness (QED) is 0.412. The number of carbonyl (C=O) groups is 1. The average molecular weight is 369 g/mol. The lowest BCUT2D eigenvalue weighted by molar-refractivity contribution is 0.0600. The third-order valence-electron chi connectivity index (χ3n) is 5.44. The lowest BCUT2D eigenvalue weighted by atomic mass is 9.99. The summed E-state index contributed by atoms with van der Waals surface area (Å²) >= 11 is 0. The average Bonchev–Trinajstić information content (AvgIpc) is 3.10. The summed E-state index contributed by atoms with van der Waals surface area (Å²) in [6.45, 7) is 4.13. The monoisotopic (exact) mass is 369 g/mol. The molecule has 0 bridgehead atoms. The van der Waals surface area contributed by atoms with Gasteiger partial charge in [0, 0.05) is 17.5 Å². The van der Waals surface area contributed by atoms with E-state index in [1.807, 2.05) is 37.3 Å². The third-order valence-corrected chi connectivity index (χ3v) is 5.44. The summed E-state index contributed by atoms with van der Waals surface area (Å²) in [6.07, 6.45) is 2.07. The Bertz CT molecular complexity index is 1140. The molecule has 1 atom stereocenters. The number of hydrogen-bond donors (Lipinski definition) is 0. The van der Waals surface area contributed by atoms with E-state index in [-0.39, 0.29) is 12.0 Å². The Kier molecular flexibility index (Phi) is 4.74. The molecule has 140 valence electrons. The molecule has 1 heterocycles. The second kappa shape index (κ2) is 7.35. The van der Waals surface area contributed by atoms with Gasteiger partial charge in [0.1, 0.15) is 0 Å². The number of esters is 1. The predicted octanol–water partition coefficient (Wildman–Crippen LogP) is 6.01. The molecule has 0 amide bonds. The molecule has 1 aromatic heterocycles. The van der Waals surface area contributed by atoms with Crippen molar-refractivity contribution in [1.29, 1.82) is 0 Å². The molecule has 0 saturated heterocycles. The number of fused-ring (bicyclic) bond motifs is 1. The highest BCUT2D eigenvalue weighted by Gasteiger charge is 2.23. The van der Waals surface area contributed by atoms with E-state index in [4.69, 9.17) is 4.74 Å². The van der Waals surface area contributed by atoms with Crippen molar-refractivity contribution in [2.45, 2.75) is 19.9 Å². The van der Waals surface area contributed by atoms with Gasteiger partial charge in [-0.2, -0.15) is 0 Å².